The third kappa shape index (κ3) is 4.41. The van der Waals surface area contributed by atoms with E-state index in [2.05, 4.69) is 22.0 Å². The Morgan fingerprint density at radius 1 is 1.03 bits per heavy atom. The molecule has 0 atom stereocenters. The molecule has 3 heterocycles. The van der Waals surface area contributed by atoms with E-state index in [0.29, 0.717) is 6.04 Å². The van der Waals surface area contributed by atoms with Gasteiger partial charge in [0.05, 0.1) is 11.0 Å². The van der Waals surface area contributed by atoms with Gasteiger partial charge in [-0.2, -0.15) is 0 Å². The van der Waals surface area contributed by atoms with Crippen LogP contribution in [-0.2, 0) is 4.74 Å². The van der Waals surface area contributed by atoms with Crippen molar-refractivity contribution in [3.63, 3.8) is 0 Å². The number of piperidine rings is 2. The summed E-state index contributed by atoms with van der Waals surface area (Å²) in [6, 6.07) is 6.92. The number of hydrogen-bond donors (Lipinski definition) is 1. The van der Waals surface area contributed by atoms with E-state index >= 15 is 0 Å². The predicted octanol–water partition coefficient (Wildman–Crippen LogP) is 3.67. The zero-order valence-electron chi connectivity index (χ0n) is 18.6. The van der Waals surface area contributed by atoms with E-state index in [1.165, 1.54) is 0 Å². The molecule has 1 N–H and O–H groups in total. The number of amides is 1. The van der Waals surface area contributed by atoms with Crippen molar-refractivity contribution < 1.29 is 9.53 Å². The summed E-state index contributed by atoms with van der Waals surface area (Å²) in [5, 5.41) is 0. The molecule has 2 saturated heterocycles. The standard InChI is InChI=1S/C23H34N4O3/c1-16-5-6-20-19(15-16)24-21(28)27(20)18-9-11-25(12-10-18)17-7-13-26(14-8-17)22(29)30-23(2,3)4/h5-6,15,17-18H,7-14H2,1-4H3,(H,24,28). The molecule has 0 radical (unpaired) electrons. The molecule has 30 heavy (non-hydrogen) atoms. The van der Waals surface area contributed by atoms with Crippen molar-refractivity contribution in [3.8, 4) is 0 Å². The summed E-state index contributed by atoms with van der Waals surface area (Å²) in [5.74, 6) is 0. The molecule has 1 aromatic carbocycles. The molecule has 0 unspecified atom stereocenters. The Kier molecular flexibility index (Phi) is 5.66. The normalized spacial score (nSPS) is 20.1. The smallest absolute Gasteiger partial charge is 0.410 e. The van der Waals surface area contributed by atoms with E-state index in [9.17, 15) is 9.59 Å². The largest absolute Gasteiger partial charge is 0.444 e. The van der Waals surface area contributed by atoms with Crippen molar-refractivity contribution in [1.82, 2.24) is 19.4 Å². The second-order valence-corrected chi connectivity index (χ2v) is 9.79. The lowest BCUT2D eigenvalue weighted by molar-refractivity contribution is 0.0121. The molecule has 2 fully saturated rings. The van der Waals surface area contributed by atoms with Gasteiger partial charge in [0.15, 0.2) is 0 Å². The zero-order valence-corrected chi connectivity index (χ0v) is 18.6. The Morgan fingerprint density at radius 3 is 2.30 bits per heavy atom. The fraction of sp³-hybridized carbons (Fsp3) is 0.652. The minimum atomic E-state index is -0.449. The van der Waals surface area contributed by atoms with Gasteiger partial charge in [-0.3, -0.25) is 4.57 Å². The minimum Gasteiger partial charge on any atom is -0.444 e. The highest BCUT2D eigenvalue weighted by molar-refractivity contribution is 5.76. The Bertz CT molecular complexity index is 955. The number of hydrogen-bond acceptors (Lipinski definition) is 4. The third-order valence-electron chi connectivity index (χ3n) is 6.37. The van der Waals surface area contributed by atoms with E-state index in [1.54, 1.807) is 0 Å². The van der Waals surface area contributed by atoms with Gasteiger partial charge in [0.2, 0.25) is 0 Å². The summed E-state index contributed by atoms with van der Waals surface area (Å²) in [4.78, 5) is 32.3. The van der Waals surface area contributed by atoms with Gasteiger partial charge in [-0.15, -0.1) is 0 Å². The van der Waals surface area contributed by atoms with Gasteiger partial charge in [0.25, 0.3) is 0 Å². The van der Waals surface area contributed by atoms with Gasteiger partial charge in [-0.05, 0) is 71.1 Å². The van der Waals surface area contributed by atoms with Crippen molar-refractivity contribution in [2.75, 3.05) is 26.2 Å². The number of likely N-dealkylation sites (tertiary alicyclic amines) is 2. The van der Waals surface area contributed by atoms with E-state index < -0.39 is 5.60 Å². The summed E-state index contributed by atoms with van der Waals surface area (Å²) >= 11 is 0. The first-order chi connectivity index (χ1) is 14.2. The van der Waals surface area contributed by atoms with Crippen LogP contribution >= 0.6 is 0 Å². The first-order valence-corrected chi connectivity index (χ1v) is 11.1. The monoisotopic (exact) mass is 414 g/mol. The molecule has 7 nitrogen and oxygen atoms in total. The highest BCUT2D eigenvalue weighted by Crippen LogP contribution is 2.28. The number of imidazole rings is 1. The summed E-state index contributed by atoms with van der Waals surface area (Å²) in [6.07, 6.45) is 3.72. The topological polar surface area (TPSA) is 70.6 Å². The first-order valence-electron chi connectivity index (χ1n) is 11.1. The summed E-state index contributed by atoms with van der Waals surface area (Å²) in [6.45, 7) is 11.2. The first kappa shape index (κ1) is 21.0. The van der Waals surface area contributed by atoms with E-state index in [0.717, 1.165) is 68.5 Å². The highest BCUT2D eigenvalue weighted by atomic mass is 16.6. The van der Waals surface area contributed by atoms with Crippen LogP contribution in [0.25, 0.3) is 11.0 Å². The molecule has 164 valence electrons. The number of H-pyrrole nitrogens is 1. The van der Waals surface area contributed by atoms with Gasteiger partial charge in [0.1, 0.15) is 5.60 Å². The highest BCUT2D eigenvalue weighted by Gasteiger charge is 2.32. The number of rotatable bonds is 2. The van der Waals surface area contributed by atoms with Gasteiger partial charge < -0.3 is 19.5 Å². The van der Waals surface area contributed by atoms with E-state index in [4.69, 9.17) is 4.74 Å². The number of aromatic amines is 1. The number of aromatic nitrogens is 2. The number of nitrogens with zero attached hydrogens (tertiary/aromatic N) is 3. The number of carbonyl (C=O) groups excluding carboxylic acids is 1. The lowest BCUT2D eigenvalue weighted by atomic mass is 9.97. The molecule has 0 saturated carbocycles. The zero-order chi connectivity index (χ0) is 21.5. The lowest BCUT2D eigenvalue weighted by Crippen LogP contribution is -2.50. The SMILES string of the molecule is Cc1ccc2c(c1)[nH]c(=O)n2C1CCN(C2CCN(C(=O)OC(C)(C)C)CC2)CC1. The van der Waals surface area contributed by atoms with Crippen LogP contribution in [0.15, 0.2) is 23.0 Å². The van der Waals surface area contributed by atoms with Crippen molar-refractivity contribution in [1.29, 1.82) is 0 Å². The van der Waals surface area contributed by atoms with Crippen molar-refractivity contribution in [2.45, 2.75) is 71.1 Å². The Balaban J connectivity index is 1.33. The maximum absolute atomic E-state index is 12.6. The molecule has 7 heteroatoms. The summed E-state index contributed by atoms with van der Waals surface area (Å²) < 4.78 is 7.46. The minimum absolute atomic E-state index is 0.000260. The molecular formula is C23H34N4O3. The number of fused-ring (bicyclic) bond motifs is 1. The van der Waals surface area contributed by atoms with Gasteiger partial charge in [0, 0.05) is 38.3 Å². The average molecular weight is 415 g/mol. The summed E-state index contributed by atoms with van der Waals surface area (Å²) in [7, 11) is 0. The maximum Gasteiger partial charge on any atom is 0.410 e. The van der Waals surface area contributed by atoms with Crippen LogP contribution in [0.4, 0.5) is 4.79 Å². The molecule has 0 spiro atoms. The van der Waals surface area contributed by atoms with Crippen LogP contribution < -0.4 is 5.69 Å². The van der Waals surface area contributed by atoms with Crippen molar-refractivity contribution in [2.24, 2.45) is 0 Å². The van der Waals surface area contributed by atoms with Crippen LogP contribution in [0.2, 0.25) is 0 Å². The molecule has 2 aliphatic rings. The fourth-order valence-electron chi connectivity index (χ4n) is 4.86. The fourth-order valence-corrected chi connectivity index (χ4v) is 4.86. The van der Waals surface area contributed by atoms with Crippen LogP contribution in [0.3, 0.4) is 0 Å². The van der Waals surface area contributed by atoms with Gasteiger partial charge in [-0.1, -0.05) is 6.07 Å². The second-order valence-electron chi connectivity index (χ2n) is 9.79. The van der Waals surface area contributed by atoms with Crippen LogP contribution in [-0.4, -0.2) is 63.3 Å². The molecule has 4 rings (SSSR count). The maximum atomic E-state index is 12.6. The molecule has 1 amide bonds. The Morgan fingerprint density at radius 2 is 1.67 bits per heavy atom. The number of carbonyl (C=O) groups is 1. The number of benzene rings is 1. The quantitative estimate of drug-likeness (QED) is 0.814. The average Bonchev–Trinajstić information content (AvgIpc) is 3.01. The van der Waals surface area contributed by atoms with Crippen LogP contribution in [0, 0.1) is 6.92 Å². The van der Waals surface area contributed by atoms with Crippen molar-refractivity contribution in [3.05, 3.63) is 34.2 Å². The van der Waals surface area contributed by atoms with E-state index in [1.807, 2.05) is 43.2 Å². The molecule has 2 aromatic rings. The van der Waals surface area contributed by atoms with Crippen molar-refractivity contribution >= 4 is 17.1 Å². The molecular weight excluding hydrogens is 380 g/mol. The van der Waals surface area contributed by atoms with Crippen LogP contribution in [0.5, 0.6) is 0 Å². The van der Waals surface area contributed by atoms with Gasteiger partial charge >= 0.3 is 11.8 Å². The van der Waals surface area contributed by atoms with Crippen LogP contribution in [0.1, 0.15) is 58.1 Å². The Labute approximate surface area is 178 Å². The number of nitrogens with one attached hydrogen (secondary N) is 1. The Hall–Kier alpha value is -2.28. The molecule has 1 aromatic heterocycles. The number of ether oxygens (including phenoxy) is 1. The van der Waals surface area contributed by atoms with E-state index in [-0.39, 0.29) is 17.8 Å². The predicted molar refractivity (Wildman–Crippen MR) is 118 cm³/mol. The summed E-state index contributed by atoms with van der Waals surface area (Å²) in [5.41, 5.74) is 2.64. The number of aryl methyl sites for hydroxylation is 1. The molecule has 0 bridgehead atoms. The second kappa shape index (κ2) is 8.10. The van der Waals surface area contributed by atoms with Gasteiger partial charge in [-0.25, -0.2) is 9.59 Å². The lowest BCUT2D eigenvalue weighted by Gasteiger charge is -2.42. The molecule has 2 aliphatic heterocycles. The third-order valence-corrected chi connectivity index (χ3v) is 6.37. The molecule has 0 aliphatic carbocycles.